The lowest BCUT2D eigenvalue weighted by atomic mass is 10.2. The fourth-order valence-electron chi connectivity index (χ4n) is 1.90. The van der Waals surface area contributed by atoms with E-state index in [4.69, 9.17) is 10.00 Å². The van der Waals surface area contributed by atoms with E-state index in [2.05, 4.69) is 6.07 Å². The van der Waals surface area contributed by atoms with Crippen LogP contribution in [0.2, 0.25) is 0 Å². The number of aromatic nitrogens is 1. The molecule has 4 nitrogen and oxygen atoms in total. The van der Waals surface area contributed by atoms with E-state index in [-0.39, 0.29) is 12.5 Å². The molecule has 0 spiro atoms. The lowest BCUT2D eigenvalue weighted by molar-refractivity contribution is -0.155. The topological polar surface area (TPSA) is 55.0 Å². The van der Waals surface area contributed by atoms with Gasteiger partial charge in [-0.15, -0.1) is 0 Å². The Balaban J connectivity index is 2.26. The molecule has 0 atom stereocenters. The van der Waals surface area contributed by atoms with Gasteiger partial charge in [0.25, 0.3) is 0 Å². The molecule has 0 aliphatic rings. The van der Waals surface area contributed by atoms with Gasteiger partial charge >= 0.3 is 5.97 Å². The van der Waals surface area contributed by atoms with Crippen molar-refractivity contribution in [2.45, 2.75) is 32.9 Å². The van der Waals surface area contributed by atoms with Crippen LogP contribution >= 0.6 is 0 Å². The number of benzene rings is 1. The van der Waals surface area contributed by atoms with Gasteiger partial charge in [-0.05, 0) is 44.4 Å². The fourth-order valence-corrected chi connectivity index (χ4v) is 1.90. The minimum absolute atomic E-state index is 0.148. The van der Waals surface area contributed by atoms with Crippen molar-refractivity contribution >= 4 is 16.9 Å². The summed E-state index contributed by atoms with van der Waals surface area (Å²) in [4.78, 5) is 11.8. The number of nitrogens with zero attached hydrogens (tertiary/aromatic N) is 2. The minimum atomic E-state index is -0.488. The number of hydrogen-bond acceptors (Lipinski definition) is 3. The van der Waals surface area contributed by atoms with Gasteiger partial charge in [0.05, 0.1) is 11.6 Å². The van der Waals surface area contributed by atoms with E-state index >= 15 is 0 Å². The predicted octanol–water partition coefficient (Wildman–Crippen LogP) is 2.85. The van der Waals surface area contributed by atoms with E-state index in [1.165, 1.54) is 0 Å². The summed E-state index contributed by atoms with van der Waals surface area (Å²) in [5, 5.41) is 9.91. The molecule has 2 rings (SSSR count). The maximum absolute atomic E-state index is 11.8. The van der Waals surface area contributed by atoms with Crippen molar-refractivity contribution < 1.29 is 9.53 Å². The summed E-state index contributed by atoms with van der Waals surface area (Å²) in [5.74, 6) is -0.285. The van der Waals surface area contributed by atoms with E-state index < -0.39 is 5.60 Å². The smallest absolute Gasteiger partial charge is 0.326 e. The van der Waals surface area contributed by atoms with Crippen molar-refractivity contribution in [3.63, 3.8) is 0 Å². The van der Waals surface area contributed by atoms with Crippen LogP contribution in [0.3, 0.4) is 0 Å². The second kappa shape index (κ2) is 4.77. The third kappa shape index (κ3) is 3.14. The number of rotatable bonds is 2. The van der Waals surface area contributed by atoms with Crippen LogP contribution in [-0.4, -0.2) is 16.1 Å². The Hall–Kier alpha value is -2.28. The van der Waals surface area contributed by atoms with Crippen LogP contribution in [-0.2, 0) is 16.1 Å². The molecule has 1 aromatic heterocycles. The highest BCUT2D eigenvalue weighted by Crippen LogP contribution is 2.18. The van der Waals surface area contributed by atoms with E-state index in [1.807, 2.05) is 39.1 Å². The molecule has 4 heteroatoms. The number of fused-ring (bicyclic) bond motifs is 1. The number of nitriles is 1. The van der Waals surface area contributed by atoms with Gasteiger partial charge in [0, 0.05) is 11.7 Å². The van der Waals surface area contributed by atoms with Gasteiger partial charge in [0.1, 0.15) is 12.1 Å². The third-order valence-electron chi connectivity index (χ3n) is 2.62. The van der Waals surface area contributed by atoms with Crippen molar-refractivity contribution in [3.05, 3.63) is 36.0 Å². The Kier molecular flexibility index (Phi) is 3.30. The van der Waals surface area contributed by atoms with Crippen LogP contribution < -0.4 is 0 Å². The highest BCUT2D eigenvalue weighted by Gasteiger charge is 2.17. The summed E-state index contributed by atoms with van der Waals surface area (Å²) in [6.45, 7) is 5.67. The molecule has 98 valence electrons. The van der Waals surface area contributed by atoms with Crippen molar-refractivity contribution in [2.75, 3.05) is 0 Å². The molecule has 0 N–H and O–H groups in total. The molecule has 0 bridgehead atoms. The van der Waals surface area contributed by atoms with Crippen LogP contribution in [0.4, 0.5) is 0 Å². The molecule has 2 aromatic rings. The molecule has 0 saturated heterocycles. The van der Waals surface area contributed by atoms with Crippen LogP contribution in [0, 0.1) is 11.3 Å². The first-order valence-corrected chi connectivity index (χ1v) is 6.10. The van der Waals surface area contributed by atoms with Crippen LogP contribution in [0.25, 0.3) is 10.9 Å². The molecule has 1 aromatic carbocycles. The minimum Gasteiger partial charge on any atom is -0.459 e. The standard InChI is InChI=1S/C15H16N2O2/c1-15(2,3)19-14(18)10-17-7-6-12-5-4-11(9-16)8-13(12)17/h4-8H,10H2,1-3H3. The summed E-state index contributed by atoms with van der Waals surface area (Å²) in [6, 6.07) is 9.43. The largest absolute Gasteiger partial charge is 0.459 e. The van der Waals surface area contributed by atoms with Gasteiger partial charge < -0.3 is 9.30 Å². The lowest BCUT2D eigenvalue weighted by Crippen LogP contribution is -2.26. The molecule has 0 fully saturated rings. The summed E-state index contributed by atoms with van der Waals surface area (Å²) in [7, 11) is 0. The van der Waals surface area contributed by atoms with Crippen molar-refractivity contribution in [1.82, 2.24) is 4.57 Å². The summed E-state index contributed by atoms with van der Waals surface area (Å²) in [5.41, 5.74) is 0.958. The quantitative estimate of drug-likeness (QED) is 0.776. The molecule has 0 aliphatic carbocycles. The van der Waals surface area contributed by atoms with Gasteiger partial charge in [-0.2, -0.15) is 5.26 Å². The van der Waals surface area contributed by atoms with Gasteiger partial charge in [0.15, 0.2) is 0 Å². The van der Waals surface area contributed by atoms with Crippen LogP contribution in [0.1, 0.15) is 26.3 Å². The maximum Gasteiger partial charge on any atom is 0.326 e. The van der Waals surface area contributed by atoms with Gasteiger partial charge in [-0.3, -0.25) is 4.79 Å². The first-order valence-electron chi connectivity index (χ1n) is 6.10. The SMILES string of the molecule is CC(C)(C)OC(=O)Cn1ccc2ccc(C#N)cc21. The van der Waals surface area contributed by atoms with E-state index in [9.17, 15) is 4.79 Å². The van der Waals surface area contributed by atoms with E-state index in [1.54, 1.807) is 16.7 Å². The van der Waals surface area contributed by atoms with Crippen molar-refractivity contribution in [1.29, 1.82) is 5.26 Å². The second-order valence-corrected chi connectivity index (χ2v) is 5.42. The number of hydrogen-bond donors (Lipinski definition) is 0. The molecule has 0 saturated carbocycles. The number of ether oxygens (including phenoxy) is 1. The highest BCUT2D eigenvalue weighted by molar-refractivity contribution is 5.83. The Morgan fingerprint density at radius 2 is 2.11 bits per heavy atom. The molecular weight excluding hydrogens is 240 g/mol. The van der Waals surface area contributed by atoms with Gasteiger partial charge in [0.2, 0.25) is 0 Å². The summed E-state index contributed by atoms with van der Waals surface area (Å²) in [6.07, 6.45) is 1.83. The normalized spacial score (nSPS) is 11.3. The van der Waals surface area contributed by atoms with Crippen LogP contribution in [0.5, 0.6) is 0 Å². The highest BCUT2D eigenvalue weighted by atomic mass is 16.6. The first-order chi connectivity index (χ1) is 8.89. The molecule has 1 heterocycles. The lowest BCUT2D eigenvalue weighted by Gasteiger charge is -2.19. The molecule has 0 radical (unpaired) electrons. The number of carbonyl (C=O) groups excluding carboxylic acids is 1. The molecule has 0 aliphatic heterocycles. The number of esters is 1. The first kappa shape index (κ1) is 13.2. The summed E-state index contributed by atoms with van der Waals surface area (Å²) >= 11 is 0. The van der Waals surface area contributed by atoms with Crippen molar-refractivity contribution in [2.24, 2.45) is 0 Å². The van der Waals surface area contributed by atoms with Gasteiger partial charge in [-0.1, -0.05) is 6.07 Å². The van der Waals surface area contributed by atoms with Crippen LogP contribution in [0.15, 0.2) is 30.5 Å². The summed E-state index contributed by atoms with van der Waals surface area (Å²) < 4.78 is 7.09. The molecule has 19 heavy (non-hydrogen) atoms. The Morgan fingerprint density at radius 3 is 2.74 bits per heavy atom. The zero-order valence-corrected chi connectivity index (χ0v) is 11.3. The Bertz CT molecular complexity index is 657. The van der Waals surface area contributed by atoms with Crippen molar-refractivity contribution in [3.8, 4) is 6.07 Å². The van der Waals surface area contributed by atoms with Gasteiger partial charge in [-0.25, -0.2) is 0 Å². The monoisotopic (exact) mass is 256 g/mol. The zero-order valence-electron chi connectivity index (χ0n) is 11.3. The zero-order chi connectivity index (χ0) is 14.0. The second-order valence-electron chi connectivity index (χ2n) is 5.42. The molecule has 0 amide bonds. The Morgan fingerprint density at radius 1 is 1.37 bits per heavy atom. The molecule has 0 unspecified atom stereocenters. The van der Waals surface area contributed by atoms with E-state index in [0.29, 0.717) is 5.56 Å². The number of carbonyl (C=O) groups is 1. The maximum atomic E-state index is 11.8. The fraction of sp³-hybridized carbons (Fsp3) is 0.333. The molecular formula is C15H16N2O2. The Labute approximate surface area is 112 Å². The average molecular weight is 256 g/mol. The average Bonchev–Trinajstić information content (AvgIpc) is 2.69. The predicted molar refractivity (Wildman–Crippen MR) is 72.5 cm³/mol. The third-order valence-corrected chi connectivity index (χ3v) is 2.62. The van der Waals surface area contributed by atoms with E-state index in [0.717, 1.165) is 10.9 Å².